The van der Waals surface area contributed by atoms with E-state index < -0.39 is 12.0 Å². The maximum atomic E-state index is 11.1. The van der Waals surface area contributed by atoms with Crippen molar-refractivity contribution in [1.29, 1.82) is 0 Å². The molecule has 1 aromatic carbocycles. The molecular weight excluding hydrogens is 242 g/mol. The number of benzene rings is 1. The van der Waals surface area contributed by atoms with E-state index in [9.17, 15) is 4.79 Å². The number of nitrogens with zero attached hydrogens (tertiary/aromatic N) is 1. The van der Waals surface area contributed by atoms with Crippen LogP contribution in [0.5, 0.6) is 0 Å². The maximum Gasteiger partial charge on any atom is 0.333 e. The van der Waals surface area contributed by atoms with Crippen molar-refractivity contribution in [3.05, 3.63) is 35.9 Å². The minimum atomic E-state index is -0.924. The summed E-state index contributed by atoms with van der Waals surface area (Å²) in [5.74, 6) is -0.924. The van der Waals surface area contributed by atoms with E-state index in [0.717, 1.165) is 4.38 Å². The lowest BCUT2D eigenvalue weighted by atomic mass is 10.1. The number of aliphatic carboxylic acids is 1. The topological polar surface area (TPSA) is 49.7 Å². The average molecular weight is 255 g/mol. The lowest BCUT2D eigenvalue weighted by Crippen LogP contribution is -2.10. The highest BCUT2D eigenvalue weighted by molar-refractivity contribution is 8.38. The quantitative estimate of drug-likeness (QED) is 0.666. The smallest absolute Gasteiger partial charge is 0.333 e. The first-order valence-electron chi connectivity index (χ1n) is 4.62. The molecule has 1 aromatic rings. The van der Waals surface area contributed by atoms with Gasteiger partial charge in [0.1, 0.15) is 4.38 Å². The Morgan fingerprint density at radius 2 is 1.81 bits per heavy atom. The highest BCUT2D eigenvalue weighted by Crippen LogP contribution is 2.22. The van der Waals surface area contributed by atoms with Gasteiger partial charge in [0.05, 0.1) is 0 Å². The van der Waals surface area contributed by atoms with Gasteiger partial charge in [-0.1, -0.05) is 30.3 Å². The van der Waals surface area contributed by atoms with Crippen molar-refractivity contribution in [2.24, 2.45) is 4.99 Å². The molecule has 0 bridgehead atoms. The van der Waals surface area contributed by atoms with Crippen molar-refractivity contribution in [1.82, 2.24) is 0 Å². The van der Waals surface area contributed by atoms with Crippen LogP contribution in [-0.2, 0) is 4.79 Å². The lowest BCUT2D eigenvalue weighted by molar-refractivity contribution is -0.138. The van der Waals surface area contributed by atoms with Gasteiger partial charge < -0.3 is 5.11 Å². The Hall–Kier alpha value is -0.940. The third-order valence-corrected chi connectivity index (χ3v) is 3.84. The zero-order valence-electron chi connectivity index (χ0n) is 9.08. The fourth-order valence-corrected chi connectivity index (χ4v) is 2.29. The van der Waals surface area contributed by atoms with Crippen LogP contribution in [0.2, 0.25) is 0 Å². The number of rotatable bonds is 3. The van der Waals surface area contributed by atoms with E-state index in [0.29, 0.717) is 5.56 Å². The molecule has 0 aliphatic carbocycles. The van der Waals surface area contributed by atoms with Crippen molar-refractivity contribution in [3.63, 3.8) is 0 Å². The van der Waals surface area contributed by atoms with Gasteiger partial charge in [-0.05, 0) is 18.1 Å². The zero-order chi connectivity index (χ0) is 12.0. The standard InChI is InChI=1S/C11H13NO2S2/c1-15-11(16-2)12-9(10(13)14)8-6-4-3-5-7-8/h3-7,9H,1-2H3,(H,13,14). The molecule has 16 heavy (non-hydrogen) atoms. The van der Waals surface area contributed by atoms with Gasteiger partial charge in [0.2, 0.25) is 0 Å². The van der Waals surface area contributed by atoms with E-state index in [1.807, 2.05) is 30.7 Å². The second kappa shape index (κ2) is 6.60. The Bertz CT molecular complexity index is 373. The van der Waals surface area contributed by atoms with Gasteiger partial charge in [-0.15, -0.1) is 23.5 Å². The Morgan fingerprint density at radius 1 is 1.25 bits per heavy atom. The molecule has 3 nitrogen and oxygen atoms in total. The highest BCUT2D eigenvalue weighted by Gasteiger charge is 2.18. The molecule has 1 N–H and O–H groups in total. The second-order valence-corrected chi connectivity index (χ2v) is 4.80. The predicted molar refractivity (Wildman–Crippen MR) is 71.3 cm³/mol. The molecule has 5 heteroatoms. The molecule has 0 fully saturated rings. The van der Waals surface area contributed by atoms with Crippen molar-refractivity contribution in [2.75, 3.05) is 12.5 Å². The second-order valence-electron chi connectivity index (χ2n) is 2.95. The maximum absolute atomic E-state index is 11.1. The third-order valence-electron chi connectivity index (χ3n) is 1.93. The monoisotopic (exact) mass is 255 g/mol. The number of carboxylic acid groups (broad SMARTS) is 1. The summed E-state index contributed by atoms with van der Waals surface area (Å²) in [6.07, 6.45) is 3.78. The normalized spacial score (nSPS) is 11.9. The van der Waals surface area contributed by atoms with E-state index in [-0.39, 0.29) is 0 Å². The van der Waals surface area contributed by atoms with E-state index in [1.54, 1.807) is 12.1 Å². The molecule has 86 valence electrons. The summed E-state index contributed by atoms with van der Waals surface area (Å²) in [6.45, 7) is 0. The van der Waals surface area contributed by atoms with Crippen LogP contribution >= 0.6 is 23.5 Å². The first-order valence-corrected chi connectivity index (χ1v) is 7.07. The fraction of sp³-hybridized carbons (Fsp3) is 0.273. The van der Waals surface area contributed by atoms with Crippen LogP contribution in [0, 0.1) is 0 Å². The number of aliphatic imine (C=N–C) groups is 1. The third kappa shape index (κ3) is 3.57. The van der Waals surface area contributed by atoms with Crippen LogP contribution in [0.4, 0.5) is 0 Å². The summed E-state index contributed by atoms with van der Waals surface area (Å²) in [6, 6.07) is 8.24. The summed E-state index contributed by atoms with van der Waals surface area (Å²) >= 11 is 2.92. The summed E-state index contributed by atoms with van der Waals surface area (Å²) in [5, 5.41) is 9.14. The van der Waals surface area contributed by atoms with Crippen molar-refractivity contribution < 1.29 is 9.90 Å². The Balaban J connectivity index is 3.01. The number of carbonyl (C=O) groups is 1. The van der Waals surface area contributed by atoms with E-state index in [2.05, 4.69) is 4.99 Å². The molecule has 0 aliphatic heterocycles. The first-order chi connectivity index (χ1) is 7.69. The molecule has 0 saturated heterocycles. The minimum absolute atomic E-state index is 0.704. The van der Waals surface area contributed by atoms with Crippen LogP contribution in [0.3, 0.4) is 0 Å². The molecule has 0 aliphatic rings. The zero-order valence-corrected chi connectivity index (χ0v) is 10.7. The van der Waals surface area contributed by atoms with Gasteiger partial charge in [0.25, 0.3) is 0 Å². The molecule has 1 rings (SSSR count). The molecule has 1 atom stereocenters. The molecule has 0 spiro atoms. The fourth-order valence-electron chi connectivity index (χ4n) is 1.20. The van der Waals surface area contributed by atoms with Gasteiger partial charge in [0.15, 0.2) is 6.04 Å². The van der Waals surface area contributed by atoms with Crippen LogP contribution in [0.25, 0.3) is 0 Å². The van der Waals surface area contributed by atoms with E-state index in [1.165, 1.54) is 23.5 Å². The molecule has 0 radical (unpaired) electrons. The van der Waals surface area contributed by atoms with Crippen LogP contribution in [-0.4, -0.2) is 28.0 Å². The molecular formula is C11H13NO2S2. The minimum Gasteiger partial charge on any atom is -0.479 e. The SMILES string of the molecule is CSC(=NC(C(=O)O)c1ccccc1)SC. The molecule has 1 unspecified atom stereocenters. The Labute approximate surface area is 103 Å². The van der Waals surface area contributed by atoms with Crippen molar-refractivity contribution in [3.8, 4) is 0 Å². The van der Waals surface area contributed by atoms with Crippen LogP contribution in [0.1, 0.15) is 11.6 Å². The molecule has 0 saturated carbocycles. The van der Waals surface area contributed by atoms with Gasteiger partial charge in [-0.25, -0.2) is 4.79 Å². The lowest BCUT2D eigenvalue weighted by Gasteiger charge is -2.09. The first kappa shape index (κ1) is 13.1. The van der Waals surface area contributed by atoms with Gasteiger partial charge in [-0.2, -0.15) is 0 Å². The number of hydrogen-bond acceptors (Lipinski definition) is 4. The van der Waals surface area contributed by atoms with E-state index >= 15 is 0 Å². The van der Waals surface area contributed by atoms with Crippen molar-refractivity contribution in [2.45, 2.75) is 6.04 Å². The summed E-state index contributed by atoms with van der Waals surface area (Å²) in [5.41, 5.74) is 0.704. The number of thioether (sulfide) groups is 2. The summed E-state index contributed by atoms with van der Waals surface area (Å²) in [4.78, 5) is 15.4. The number of carboxylic acids is 1. The Kier molecular flexibility index (Phi) is 5.42. The Morgan fingerprint density at radius 3 is 2.25 bits per heavy atom. The molecule has 0 aromatic heterocycles. The summed E-state index contributed by atoms with van der Waals surface area (Å²) in [7, 11) is 0. The predicted octanol–water partition coefficient (Wildman–Crippen LogP) is 2.89. The van der Waals surface area contributed by atoms with Gasteiger partial charge in [0, 0.05) is 0 Å². The highest BCUT2D eigenvalue weighted by atomic mass is 32.2. The largest absolute Gasteiger partial charge is 0.479 e. The number of hydrogen-bond donors (Lipinski definition) is 1. The van der Waals surface area contributed by atoms with Gasteiger partial charge >= 0.3 is 5.97 Å². The van der Waals surface area contributed by atoms with Gasteiger partial charge in [-0.3, -0.25) is 4.99 Å². The van der Waals surface area contributed by atoms with E-state index in [4.69, 9.17) is 5.11 Å². The summed E-state index contributed by atoms with van der Waals surface area (Å²) < 4.78 is 0.774. The molecule has 0 heterocycles. The van der Waals surface area contributed by atoms with Crippen LogP contribution < -0.4 is 0 Å². The van der Waals surface area contributed by atoms with Crippen LogP contribution in [0.15, 0.2) is 35.3 Å². The van der Waals surface area contributed by atoms with Crippen molar-refractivity contribution >= 4 is 33.9 Å². The molecule has 0 amide bonds. The average Bonchev–Trinajstić information content (AvgIpc) is 2.31.